The number of halogens is 4. The van der Waals surface area contributed by atoms with Crippen molar-refractivity contribution in [1.29, 1.82) is 0 Å². The van der Waals surface area contributed by atoms with E-state index >= 15 is 0 Å². The molecule has 0 unspecified atom stereocenters. The van der Waals surface area contributed by atoms with E-state index < -0.39 is 22.7 Å². The predicted molar refractivity (Wildman–Crippen MR) is 58.7 cm³/mol. The van der Waals surface area contributed by atoms with Crippen molar-refractivity contribution >= 4 is 23.2 Å². The van der Waals surface area contributed by atoms with Crippen molar-refractivity contribution in [1.82, 2.24) is 10.3 Å². The van der Waals surface area contributed by atoms with Gasteiger partial charge in [-0.2, -0.15) is 13.2 Å². The lowest BCUT2D eigenvalue weighted by molar-refractivity contribution is -0.137. The smallest absolute Gasteiger partial charge is 0.320 e. The highest BCUT2D eigenvalue weighted by atomic mass is 35.5. The molecule has 5 nitrogen and oxygen atoms in total. The predicted octanol–water partition coefficient (Wildman–Crippen LogP) is 2.99. The van der Waals surface area contributed by atoms with Crippen LogP contribution in [0, 0.1) is 0 Å². The zero-order valence-corrected chi connectivity index (χ0v) is 9.79. The van der Waals surface area contributed by atoms with E-state index in [1.807, 2.05) is 0 Å². The Morgan fingerprint density at radius 1 is 1.37 bits per heavy atom. The molecule has 0 aliphatic heterocycles. The Morgan fingerprint density at radius 3 is 2.68 bits per heavy atom. The minimum atomic E-state index is -4.60. The van der Waals surface area contributed by atoms with Crippen LogP contribution in [0.3, 0.4) is 0 Å². The van der Waals surface area contributed by atoms with Gasteiger partial charge in [0, 0.05) is 5.69 Å². The van der Waals surface area contributed by atoms with Gasteiger partial charge < -0.3 is 5.32 Å². The summed E-state index contributed by atoms with van der Waals surface area (Å²) in [6.07, 6.45) is -3.57. The van der Waals surface area contributed by atoms with Crippen LogP contribution in [0.15, 0.2) is 29.0 Å². The largest absolute Gasteiger partial charge is 0.417 e. The van der Waals surface area contributed by atoms with E-state index in [4.69, 9.17) is 11.6 Å². The number of rotatable bonds is 2. The van der Waals surface area contributed by atoms with E-state index in [0.29, 0.717) is 0 Å². The second kappa shape index (κ2) is 4.88. The summed E-state index contributed by atoms with van der Waals surface area (Å²) in [7, 11) is 0. The van der Waals surface area contributed by atoms with Crippen LogP contribution in [0.1, 0.15) is 16.1 Å². The monoisotopic (exact) mass is 291 g/mol. The topological polar surface area (TPSA) is 68.0 Å². The summed E-state index contributed by atoms with van der Waals surface area (Å²) in [6.45, 7) is 0. The SMILES string of the molecule is O=C(Nc1ccc(Cl)c(C(F)(F)F)c1)c1cnon1. The Bertz CT molecular complexity index is 599. The lowest BCUT2D eigenvalue weighted by Crippen LogP contribution is -2.13. The molecule has 1 heterocycles. The first-order valence-electron chi connectivity index (χ1n) is 4.83. The molecule has 0 aliphatic carbocycles. The van der Waals surface area contributed by atoms with Crippen LogP contribution < -0.4 is 5.32 Å². The maximum atomic E-state index is 12.6. The molecule has 2 rings (SSSR count). The number of nitrogens with zero attached hydrogens (tertiary/aromatic N) is 2. The van der Waals surface area contributed by atoms with E-state index in [1.54, 1.807) is 0 Å². The van der Waals surface area contributed by atoms with E-state index in [0.717, 1.165) is 18.3 Å². The fraction of sp³-hybridized carbons (Fsp3) is 0.100. The van der Waals surface area contributed by atoms with Crippen molar-refractivity contribution in [3.05, 3.63) is 40.7 Å². The molecular formula is C10H5ClF3N3O2. The average molecular weight is 292 g/mol. The fourth-order valence-electron chi connectivity index (χ4n) is 1.28. The second-order valence-corrected chi connectivity index (χ2v) is 3.85. The van der Waals surface area contributed by atoms with E-state index in [2.05, 4.69) is 20.3 Å². The molecule has 100 valence electrons. The van der Waals surface area contributed by atoms with Crippen LogP contribution in [0.4, 0.5) is 18.9 Å². The molecule has 1 amide bonds. The van der Waals surface area contributed by atoms with Gasteiger partial charge in [0.15, 0.2) is 5.69 Å². The number of aromatic nitrogens is 2. The first-order valence-corrected chi connectivity index (χ1v) is 5.21. The molecule has 1 aromatic heterocycles. The quantitative estimate of drug-likeness (QED) is 0.923. The zero-order valence-electron chi connectivity index (χ0n) is 9.03. The fourth-order valence-corrected chi connectivity index (χ4v) is 1.50. The van der Waals surface area contributed by atoms with Crippen LogP contribution in [0.5, 0.6) is 0 Å². The van der Waals surface area contributed by atoms with Crippen LogP contribution in [0.2, 0.25) is 5.02 Å². The number of amides is 1. The maximum Gasteiger partial charge on any atom is 0.417 e. The van der Waals surface area contributed by atoms with Crippen LogP contribution >= 0.6 is 11.6 Å². The summed E-state index contributed by atoms with van der Waals surface area (Å²) >= 11 is 5.45. The highest BCUT2D eigenvalue weighted by Crippen LogP contribution is 2.36. The van der Waals surface area contributed by atoms with Crippen molar-refractivity contribution in [2.75, 3.05) is 5.32 Å². The summed E-state index contributed by atoms with van der Waals surface area (Å²) < 4.78 is 42.0. The van der Waals surface area contributed by atoms with Crippen molar-refractivity contribution in [3.8, 4) is 0 Å². The third kappa shape index (κ3) is 3.02. The number of benzene rings is 1. The number of hydrogen-bond donors (Lipinski definition) is 1. The van der Waals surface area contributed by atoms with E-state index in [1.165, 1.54) is 6.07 Å². The third-order valence-corrected chi connectivity index (χ3v) is 2.45. The maximum absolute atomic E-state index is 12.6. The average Bonchev–Trinajstić information content (AvgIpc) is 2.83. The normalized spacial score (nSPS) is 11.4. The minimum Gasteiger partial charge on any atom is -0.320 e. The van der Waals surface area contributed by atoms with Crippen molar-refractivity contribution in [3.63, 3.8) is 0 Å². The van der Waals surface area contributed by atoms with Crippen molar-refractivity contribution in [2.45, 2.75) is 6.18 Å². The van der Waals surface area contributed by atoms with Gasteiger partial charge in [-0.1, -0.05) is 16.8 Å². The number of carbonyl (C=O) groups excluding carboxylic acids is 1. The number of alkyl halides is 3. The molecule has 19 heavy (non-hydrogen) atoms. The first kappa shape index (κ1) is 13.3. The van der Waals surface area contributed by atoms with E-state index in [9.17, 15) is 18.0 Å². The summed E-state index contributed by atoms with van der Waals surface area (Å²) in [6, 6.07) is 3.01. The molecule has 1 N–H and O–H groups in total. The molecule has 0 fully saturated rings. The van der Waals surface area contributed by atoms with Gasteiger partial charge in [-0.3, -0.25) is 4.79 Å². The molecule has 0 saturated carbocycles. The molecular weight excluding hydrogens is 287 g/mol. The summed E-state index contributed by atoms with van der Waals surface area (Å²) in [5.74, 6) is -0.739. The molecule has 0 bridgehead atoms. The van der Waals surface area contributed by atoms with Gasteiger partial charge in [0.1, 0.15) is 6.20 Å². The Morgan fingerprint density at radius 2 is 2.11 bits per heavy atom. The Balaban J connectivity index is 2.25. The molecule has 0 spiro atoms. The number of nitrogens with one attached hydrogen (secondary N) is 1. The highest BCUT2D eigenvalue weighted by molar-refractivity contribution is 6.31. The van der Waals surface area contributed by atoms with Crippen molar-refractivity contribution in [2.24, 2.45) is 0 Å². The molecule has 2 aromatic rings. The number of anilines is 1. The van der Waals surface area contributed by atoms with Gasteiger partial charge in [-0.15, -0.1) is 0 Å². The number of hydrogen-bond acceptors (Lipinski definition) is 4. The van der Waals surface area contributed by atoms with Gasteiger partial charge in [-0.25, -0.2) is 4.63 Å². The van der Waals surface area contributed by atoms with Crippen molar-refractivity contribution < 1.29 is 22.6 Å². The van der Waals surface area contributed by atoms with Crippen LogP contribution in [0.25, 0.3) is 0 Å². The molecule has 1 aromatic carbocycles. The summed E-state index contributed by atoms with van der Waals surface area (Å²) in [5.41, 5.74) is -1.25. The van der Waals surface area contributed by atoms with Gasteiger partial charge in [0.05, 0.1) is 10.6 Å². The molecule has 0 radical (unpaired) electrons. The number of carbonyl (C=O) groups is 1. The Hall–Kier alpha value is -2.09. The van der Waals surface area contributed by atoms with Crippen LogP contribution in [-0.4, -0.2) is 16.2 Å². The van der Waals surface area contributed by atoms with Crippen LogP contribution in [-0.2, 0) is 6.18 Å². The lowest BCUT2D eigenvalue weighted by atomic mass is 10.2. The van der Waals surface area contributed by atoms with E-state index in [-0.39, 0.29) is 11.4 Å². The second-order valence-electron chi connectivity index (χ2n) is 3.44. The molecule has 0 saturated heterocycles. The zero-order chi connectivity index (χ0) is 14.0. The van der Waals surface area contributed by atoms with Gasteiger partial charge >= 0.3 is 6.18 Å². The lowest BCUT2D eigenvalue weighted by Gasteiger charge is -2.11. The van der Waals surface area contributed by atoms with Gasteiger partial charge in [-0.05, 0) is 23.4 Å². The standard InChI is InChI=1S/C10H5ClF3N3O2/c11-7-2-1-5(3-6(7)10(12,13)14)16-9(18)8-4-15-19-17-8/h1-4H,(H,16,18). The minimum absolute atomic E-state index is 0.0651. The first-order chi connectivity index (χ1) is 8.88. The molecule has 0 atom stereocenters. The molecule has 0 aliphatic rings. The van der Waals surface area contributed by atoms with Gasteiger partial charge in [0.2, 0.25) is 0 Å². The summed E-state index contributed by atoms with van der Waals surface area (Å²) in [4.78, 5) is 11.5. The Labute approximate surface area is 109 Å². The Kier molecular flexibility index (Phi) is 3.43. The third-order valence-electron chi connectivity index (χ3n) is 2.12. The summed E-state index contributed by atoms with van der Waals surface area (Å²) in [5, 5.41) is 8.24. The van der Waals surface area contributed by atoms with Gasteiger partial charge in [0.25, 0.3) is 5.91 Å². The highest BCUT2D eigenvalue weighted by Gasteiger charge is 2.33. The molecule has 9 heteroatoms.